The number of carbonyl (C=O) groups excluding carboxylic acids is 1. The summed E-state index contributed by atoms with van der Waals surface area (Å²) < 4.78 is 2.18. The molecule has 3 rings (SSSR count). The Bertz CT molecular complexity index is 968. The number of aromatic nitrogens is 1. The molecule has 4 heteroatoms. The zero-order valence-electron chi connectivity index (χ0n) is 16.9. The maximum Gasteiger partial charge on any atom is 0.254 e. The van der Waals surface area contributed by atoms with Crippen molar-refractivity contribution in [1.82, 2.24) is 9.47 Å². The van der Waals surface area contributed by atoms with Crippen molar-refractivity contribution in [2.45, 2.75) is 46.3 Å². The van der Waals surface area contributed by atoms with Crippen LogP contribution >= 0.6 is 11.6 Å². The van der Waals surface area contributed by atoms with Crippen LogP contribution in [-0.2, 0) is 13.1 Å². The monoisotopic (exact) mass is 394 g/mol. The van der Waals surface area contributed by atoms with Crippen LogP contribution in [0.25, 0.3) is 0 Å². The van der Waals surface area contributed by atoms with Crippen molar-refractivity contribution in [1.29, 1.82) is 0 Å². The predicted molar refractivity (Wildman–Crippen MR) is 116 cm³/mol. The third-order valence-corrected chi connectivity index (χ3v) is 5.15. The molecule has 2 aromatic carbocycles. The first-order valence-corrected chi connectivity index (χ1v) is 9.89. The highest BCUT2D eigenvalue weighted by molar-refractivity contribution is 6.30. The van der Waals surface area contributed by atoms with Gasteiger partial charge in [-0.05, 0) is 69.2 Å². The van der Waals surface area contributed by atoms with Gasteiger partial charge in [0.05, 0.1) is 6.54 Å². The number of hydrogen-bond acceptors (Lipinski definition) is 1. The first-order valence-electron chi connectivity index (χ1n) is 9.52. The van der Waals surface area contributed by atoms with Gasteiger partial charge in [0, 0.05) is 34.6 Å². The number of nitrogens with zero attached hydrogens (tertiary/aromatic N) is 2. The van der Waals surface area contributed by atoms with Crippen LogP contribution in [0.5, 0.6) is 0 Å². The molecule has 0 spiro atoms. The maximum absolute atomic E-state index is 13.4. The van der Waals surface area contributed by atoms with E-state index in [1.165, 1.54) is 0 Å². The summed E-state index contributed by atoms with van der Waals surface area (Å²) in [6, 6.07) is 19.8. The summed E-state index contributed by atoms with van der Waals surface area (Å²) in [5, 5.41) is 0.734. The highest BCUT2D eigenvalue weighted by atomic mass is 35.5. The van der Waals surface area contributed by atoms with Crippen LogP contribution in [0.15, 0.2) is 66.9 Å². The molecule has 3 nitrogen and oxygen atoms in total. The molecule has 1 aromatic heterocycles. The summed E-state index contributed by atoms with van der Waals surface area (Å²) in [5.74, 6) is 0.0566. The Hall–Kier alpha value is -2.52. The Morgan fingerprint density at radius 3 is 2.46 bits per heavy atom. The molecule has 0 saturated carbocycles. The van der Waals surface area contributed by atoms with Crippen LogP contribution < -0.4 is 0 Å². The van der Waals surface area contributed by atoms with E-state index >= 15 is 0 Å². The Kier molecular flexibility index (Phi) is 5.95. The number of amides is 1. The largest absolute Gasteiger partial charge is 0.345 e. The molecule has 0 radical (unpaired) electrons. The number of hydrogen-bond donors (Lipinski definition) is 0. The van der Waals surface area contributed by atoms with E-state index in [4.69, 9.17) is 11.6 Å². The normalized spacial score (nSPS) is 11.5. The van der Waals surface area contributed by atoms with Crippen molar-refractivity contribution in [3.8, 4) is 0 Å². The van der Waals surface area contributed by atoms with Gasteiger partial charge in [-0.25, -0.2) is 0 Å². The smallest absolute Gasteiger partial charge is 0.254 e. The second-order valence-corrected chi connectivity index (χ2v) is 8.57. The fourth-order valence-electron chi connectivity index (χ4n) is 3.31. The third kappa shape index (κ3) is 4.66. The lowest BCUT2D eigenvalue weighted by molar-refractivity contribution is 0.0552. The zero-order valence-corrected chi connectivity index (χ0v) is 17.7. The topological polar surface area (TPSA) is 25.2 Å². The van der Waals surface area contributed by atoms with Crippen molar-refractivity contribution in [3.05, 3.63) is 94.3 Å². The summed E-state index contributed by atoms with van der Waals surface area (Å²) >= 11 is 6.13. The van der Waals surface area contributed by atoms with E-state index in [1.54, 1.807) is 0 Å². The zero-order chi connectivity index (χ0) is 20.3. The lowest BCUT2D eigenvalue weighted by Crippen LogP contribution is -2.45. The van der Waals surface area contributed by atoms with Gasteiger partial charge in [-0.1, -0.05) is 41.9 Å². The predicted octanol–water partition coefficient (Wildman–Crippen LogP) is 5.94. The van der Waals surface area contributed by atoms with E-state index in [9.17, 15) is 4.79 Å². The highest BCUT2D eigenvalue weighted by Crippen LogP contribution is 2.23. The van der Waals surface area contributed by atoms with Crippen molar-refractivity contribution in [2.24, 2.45) is 0 Å². The highest BCUT2D eigenvalue weighted by Gasteiger charge is 2.29. The summed E-state index contributed by atoms with van der Waals surface area (Å²) in [6.45, 7) is 9.48. The Morgan fingerprint density at radius 1 is 1.04 bits per heavy atom. The average Bonchev–Trinajstić information content (AvgIpc) is 3.05. The van der Waals surface area contributed by atoms with Gasteiger partial charge >= 0.3 is 0 Å². The van der Waals surface area contributed by atoms with Crippen LogP contribution in [0.2, 0.25) is 5.02 Å². The molecule has 0 aliphatic rings. The summed E-state index contributed by atoms with van der Waals surface area (Å²) in [5.41, 5.74) is 3.68. The minimum atomic E-state index is -0.301. The van der Waals surface area contributed by atoms with Crippen LogP contribution in [-0.4, -0.2) is 20.9 Å². The SMILES string of the molecule is Cc1ccccc1C(=O)N(Cc1cccn1Cc1cccc(Cl)c1)C(C)(C)C. The first kappa shape index (κ1) is 20.2. The molecule has 3 aromatic rings. The number of aryl methyl sites for hydroxylation is 1. The molecule has 0 saturated heterocycles. The summed E-state index contributed by atoms with van der Waals surface area (Å²) in [6.07, 6.45) is 2.05. The van der Waals surface area contributed by atoms with E-state index in [0.717, 1.165) is 34.0 Å². The molecule has 0 aliphatic heterocycles. The lowest BCUT2D eigenvalue weighted by atomic mass is 10.0. The fraction of sp³-hybridized carbons (Fsp3) is 0.292. The molecule has 1 heterocycles. The molecule has 0 unspecified atom stereocenters. The standard InChI is InChI=1S/C24H27ClN2O/c1-18-9-5-6-13-22(18)23(28)27(24(2,3)4)17-21-12-8-14-26(21)16-19-10-7-11-20(25)15-19/h5-15H,16-17H2,1-4H3. The number of rotatable bonds is 5. The minimum absolute atomic E-state index is 0.0566. The number of halogens is 1. The van der Waals surface area contributed by atoms with Crippen molar-refractivity contribution < 1.29 is 4.79 Å². The van der Waals surface area contributed by atoms with Gasteiger partial charge in [-0.3, -0.25) is 4.79 Å². The van der Waals surface area contributed by atoms with Gasteiger partial charge in [-0.2, -0.15) is 0 Å². The minimum Gasteiger partial charge on any atom is -0.345 e. The van der Waals surface area contributed by atoms with Gasteiger partial charge in [0.1, 0.15) is 0 Å². The Morgan fingerprint density at radius 2 is 1.79 bits per heavy atom. The Balaban J connectivity index is 1.88. The summed E-state index contributed by atoms with van der Waals surface area (Å²) in [7, 11) is 0. The summed E-state index contributed by atoms with van der Waals surface area (Å²) in [4.78, 5) is 15.3. The van der Waals surface area contributed by atoms with Crippen LogP contribution in [0.3, 0.4) is 0 Å². The van der Waals surface area contributed by atoms with Gasteiger partial charge in [-0.15, -0.1) is 0 Å². The first-order chi connectivity index (χ1) is 13.3. The Labute approximate surface area is 172 Å². The van der Waals surface area contributed by atoms with E-state index in [-0.39, 0.29) is 11.4 Å². The van der Waals surface area contributed by atoms with E-state index in [0.29, 0.717) is 6.54 Å². The van der Waals surface area contributed by atoms with Crippen molar-refractivity contribution >= 4 is 17.5 Å². The molecule has 0 fully saturated rings. The average molecular weight is 395 g/mol. The molecule has 0 aliphatic carbocycles. The fourth-order valence-corrected chi connectivity index (χ4v) is 3.53. The quantitative estimate of drug-likeness (QED) is 0.525. The molecule has 1 amide bonds. The van der Waals surface area contributed by atoms with Gasteiger partial charge in [0.2, 0.25) is 0 Å². The van der Waals surface area contributed by atoms with Crippen LogP contribution in [0.4, 0.5) is 0 Å². The van der Waals surface area contributed by atoms with Gasteiger partial charge in [0.15, 0.2) is 0 Å². The van der Waals surface area contributed by atoms with Crippen LogP contribution in [0, 0.1) is 6.92 Å². The lowest BCUT2D eigenvalue weighted by Gasteiger charge is -2.36. The second kappa shape index (κ2) is 8.24. The molecule has 0 N–H and O–H groups in total. The molecular formula is C24H27ClN2O. The van der Waals surface area contributed by atoms with Gasteiger partial charge < -0.3 is 9.47 Å². The van der Waals surface area contributed by atoms with Gasteiger partial charge in [0.25, 0.3) is 5.91 Å². The van der Waals surface area contributed by atoms with E-state index in [2.05, 4.69) is 43.7 Å². The van der Waals surface area contributed by atoms with Crippen molar-refractivity contribution in [3.63, 3.8) is 0 Å². The molecule has 0 bridgehead atoms. The third-order valence-electron chi connectivity index (χ3n) is 4.92. The van der Waals surface area contributed by atoms with Crippen molar-refractivity contribution in [2.75, 3.05) is 0 Å². The molecule has 28 heavy (non-hydrogen) atoms. The second-order valence-electron chi connectivity index (χ2n) is 8.13. The van der Waals surface area contributed by atoms with E-state index in [1.807, 2.05) is 60.4 Å². The van der Waals surface area contributed by atoms with Crippen LogP contribution in [0.1, 0.15) is 48.0 Å². The molecular weight excluding hydrogens is 368 g/mol. The number of carbonyl (C=O) groups is 1. The maximum atomic E-state index is 13.4. The molecule has 0 atom stereocenters. The molecule has 146 valence electrons. The number of benzene rings is 2. The van der Waals surface area contributed by atoms with E-state index < -0.39 is 0 Å².